The van der Waals surface area contributed by atoms with Crippen molar-refractivity contribution in [3.05, 3.63) is 59.7 Å². The van der Waals surface area contributed by atoms with Gasteiger partial charge in [-0.3, -0.25) is 4.79 Å². The van der Waals surface area contributed by atoms with Crippen LogP contribution in [0.4, 0.5) is 0 Å². The van der Waals surface area contributed by atoms with Crippen LogP contribution in [0.25, 0.3) is 22.9 Å². The Morgan fingerprint density at radius 1 is 0.806 bits per heavy atom. The Morgan fingerprint density at radius 3 is 1.81 bits per heavy atom. The molecule has 162 valence electrons. The second-order valence-electron chi connectivity index (χ2n) is 7.22. The first-order valence-corrected chi connectivity index (χ1v) is 10.2. The molecule has 0 radical (unpaired) electrons. The summed E-state index contributed by atoms with van der Waals surface area (Å²) in [6.07, 6.45) is 2.17. The molecule has 0 bridgehead atoms. The predicted octanol–water partition coefficient (Wildman–Crippen LogP) is 4.05. The predicted molar refractivity (Wildman–Crippen MR) is 115 cm³/mol. The Morgan fingerprint density at radius 2 is 1.32 bits per heavy atom. The van der Waals surface area contributed by atoms with E-state index in [4.69, 9.17) is 13.9 Å². The number of carbonyl (C=O) groups excluding carboxylic acids is 2. The first-order valence-electron chi connectivity index (χ1n) is 10.2. The van der Waals surface area contributed by atoms with Gasteiger partial charge in [-0.15, -0.1) is 10.2 Å². The van der Waals surface area contributed by atoms with Crippen LogP contribution in [0.15, 0.2) is 52.9 Å². The van der Waals surface area contributed by atoms with Crippen molar-refractivity contribution in [3.63, 3.8) is 0 Å². The molecule has 1 aromatic heterocycles. The number of hydrogen-bond acceptors (Lipinski definition) is 7. The van der Waals surface area contributed by atoms with Crippen LogP contribution in [0, 0.1) is 0 Å². The van der Waals surface area contributed by atoms with Gasteiger partial charge in [0.15, 0.2) is 0 Å². The highest BCUT2D eigenvalue weighted by Crippen LogP contribution is 2.25. The summed E-state index contributed by atoms with van der Waals surface area (Å²) in [6.45, 7) is 2.27. The van der Waals surface area contributed by atoms with Crippen molar-refractivity contribution < 1.29 is 23.5 Å². The van der Waals surface area contributed by atoms with E-state index in [0.717, 1.165) is 28.7 Å². The second kappa shape index (κ2) is 11.2. The molecule has 3 rings (SSSR count). The van der Waals surface area contributed by atoms with E-state index >= 15 is 0 Å². The average molecular weight is 422 g/mol. The molecule has 3 aromatic rings. The molecule has 0 spiro atoms. The van der Waals surface area contributed by atoms with Crippen LogP contribution in [0.3, 0.4) is 0 Å². The molecule has 0 aliphatic rings. The van der Waals surface area contributed by atoms with Gasteiger partial charge in [0.05, 0.1) is 6.61 Å². The Labute approximate surface area is 181 Å². The molecule has 2 aromatic carbocycles. The van der Waals surface area contributed by atoms with E-state index in [-0.39, 0.29) is 18.4 Å². The highest BCUT2D eigenvalue weighted by molar-refractivity contribution is 5.75. The van der Waals surface area contributed by atoms with Gasteiger partial charge in [-0.25, -0.2) is 0 Å². The number of nitrogens with zero attached hydrogens (tertiary/aromatic N) is 2. The summed E-state index contributed by atoms with van der Waals surface area (Å²) in [5, 5.41) is 8.29. The smallest absolute Gasteiger partial charge is 0.306 e. The Balaban J connectivity index is 1.57. The molecule has 0 atom stereocenters. The number of aryl methyl sites for hydroxylation is 2. The van der Waals surface area contributed by atoms with Crippen LogP contribution in [0.5, 0.6) is 0 Å². The Hall–Kier alpha value is -3.32. The third kappa shape index (κ3) is 6.86. The number of esters is 1. The van der Waals surface area contributed by atoms with E-state index < -0.39 is 0 Å². The molecule has 1 heterocycles. The van der Waals surface area contributed by atoms with E-state index in [1.54, 1.807) is 14.0 Å². The molecule has 7 nitrogen and oxygen atoms in total. The van der Waals surface area contributed by atoms with Crippen molar-refractivity contribution in [2.24, 2.45) is 0 Å². The van der Waals surface area contributed by atoms with E-state index in [1.807, 2.05) is 48.5 Å². The number of methoxy groups -OCH3 is 1. The second-order valence-corrected chi connectivity index (χ2v) is 7.22. The summed E-state index contributed by atoms with van der Waals surface area (Å²) in [5.74, 6) is 0.811. The van der Waals surface area contributed by atoms with Gasteiger partial charge in [0, 0.05) is 31.1 Å². The molecule has 31 heavy (non-hydrogen) atoms. The minimum Gasteiger partial charge on any atom is -0.463 e. The molecular formula is C24H26N2O5. The molecule has 0 saturated heterocycles. The fourth-order valence-corrected chi connectivity index (χ4v) is 2.96. The monoisotopic (exact) mass is 422 g/mol. The van der Waals surface area contributed by atoms with Gasteiger partial charge in [-0.2, -0.15) is 0 Å². The van der Waals surface area contributed by atoms with Crippen LogP contribution in [-0.2, 0) is 31.9 Å². The summed E-state index contributed by atoms with van der Waals surface area (Å²) >= 11 is 0. The minimum atomic E-state index is -0.241. The lowest BCUT2D eigenvalue weighted by Gasteiger charge is -2.04. The highest BCUT2D eigenvalue weighted by atomic mass is 16.6. The van der Waals surface area contributed by atoms with Crippen molar-refractivity contribution in [1.82, 2.24) is 10.2 Å². The van der Waals surface area contributed by atoms with Crippen molar-refractivity contribution in [2.45, 2.75) is 32.6 Å². The van der Waals surface area contributed by atoms with Crippen molar-refractivity contribution in [1.29, 1.82) is 0 Å². The summed E-state index contributed by atoms with van der Waals surface area (Å²) in [7, 11) is 1.57. The van der Waals surface area contributed by atoms with Crippen LogP contribution in [0.1, 0.15) is 30.9 Å². The van der Waals surface area contributed by atoms with Crippen LogP contribution >= 0.6 is 0 Å². The summed E-state index contributed by atoms with van der Waals surface area (Å²) in [6, 6.07) is 15.4. The van der Waals surface area contributed by atoms with Crippen molar-refractivity contribution in [2.75, 3.05) is 20.3 Å². The van der Waals surface area contributed by atoms with Gasteiger partial charge >= 0.3 is 5.97 Å². The zero-order valence-electron chi connectivity index (χ0n) is 17.8. The third-order valence-corrected chi connectivity index (χ3v) is 4.76. The first-order chi connectivity index (χ1) is 15.0. The lowest BCUT2D eigenvalue weighted by Crippen LogP contribution is -2.10. The SMILES string of the molecule is COCCOC(=O)CCc1ccc(-c2nnc(-c3ccc(CCC(C)=O)cc3)o2)cc1. The van der Waals surface area contributed by atoms with E-state index in [9.17, 15) is 9.59 Å². The molecular weight excluding hydrogens is 396 g/mol. The van der Waals surface area contributed by atoms with E-state index in [1.165, 1.54) is 0 Å². The van der Waals surface area contributed by atoms with Gasteiger partial charge in [0.2, 0.25) is 11.8 Å². The normalized spacial score (nSPS) is 10.8. The molecule has 0 saturated carbocycles. The van der Waals surface area contributed by atoms with E-state index in [2.05, 4.69) is 10.2 Å². The van der Waals surface area contributed by atoms with Crippen molar-refractivity contribution in [3.8, 4) is 22.9 Å². The molecule has 0 aliphatic heterocycles. The lowest BCUT2D eigenvalue weighted by molar-refractivity contribution is -0.144. The number of rotatable bonds is 11. The molecule has 0 aliphatic carbocycles. The molecule has 0 fully saturated rings. The van der Waals surface area contributed by atoms with Gasteiger partial charge in [0.25, 0.3) is 0 Å². The zero-order valence-corrected chi connectivity index (χ0v) is 17.8. The van der Waals surface area contributed by atoms with Gasteiger partial charge in [-0.05, 0) is 55.2 Å². The van der Waals surface area contributed by atoms with Crippen LogP contribution in [-0.4, -0.2) is 42.3 Å². The fourth-order valence-electron chi connectivity index (χ4n) is 2.96. The number of Topliss-reactive ketones (excluding diaryl/α,β-unsaturated/α-hetero) is 1. The number of aromatic nitrogens is 2. The number of ketones is 1. The third-order valence-electron chi connectivity index (χ3n) is 4.76. The number of benzene rings is 2. The quantitative estimate of drug-likeness (QED) is 0.340. The first kappa shape index (κ1) is 22.4. The summed E-state index contributed by atoms with van der Waals surface area (Å²) < 4.78 is 15.7. The van der Waals surface area contributed by atoms with Gasteiger partial charge in [-0.1, -0.05) is 24.3 Å². The van der Waals surface area contributed by atoms with Gasteiger partial charge in [0.1, 0.15) is 12.4 Å². The summed E-state index contributed by atoms with van der Waals surface area (Å²) in [5.41, 5.74) is 3.75. The maximum atomic E-state index is 11.7. The lowest BCUT2D eigenvalue weighted by atomic mass is 10.1. The Kier molecular flexibility index (Phi) is 8.06. The topological polar surface area (TPSA) is 91.5 Å². The van der Waals surface area contributed by atoms with E-state index in [0.29, 0.717) is 37.7 Å². The maximum absolute atomic E-state index is 11.7. The Bertz CT molecular complexity index is 994. The molecule has 0 amide bonds. The average Bonchev–Trinajstić information content (AvgIpc) is 3.27. The molecule has 0 unspecified atom stereocenters. The molecule has 0 N–H and O–H groups in total. The van der Waals surface area contributed by atoms with Gasteiger partial charge < -0.3 is 18.7 Å². The maximum Gasteiger partial charge on any atom is 0.306 e. The minimum absolute atomic E-state index is 0.179. The number of carbonyl (C=O) groups is 2. The zero-order chi connectivity index (χ0) is 22.1. The van der Waals surface area contributed by atoms with Crippen molar-refractivity contribution >= 4 is 11.8 Å². The standard InChI is InChI=1S/C24H26N2O5/c1-17(27)3-4-18-5-10-20(11-6-18)23-25-26-24(31-23)21-12-7-19(8-13-21)9-14-22(28)30-16-15-29-2/h5-8,10-13H,3-4,9,14-16H2,1-2H3. The fraction of sp³-hybridized carbons (Fsp3) is 0.333. The number of ether oxygens (including phenoxy) is 2. The molecule has 7 heteroatoms. The largest absolute Gasteiger partial charge is 0.463 e. The summed E-state index contributed by atoms with van der Waals surface area (Å²) in [4.78, 5) is 22.8. The highest BCUT2D eigenvalue weighted by Gasteiger charge is 2.11. The van der Waals surface area contributed by atoms with Crippen LogP contribution < -0.4 is 0 Å². The van der Waals surface area contributed by atoms with Crippen LogP contribution in [0.2, 0.25) is 0 Å². The number of hydrogen-bond donors (Lipinski definition) is 0.